The predicted molar refractivity (Wildman–Crippen MR) is 108 cm³/mol. The van der Waals surface area contributed by atoms with Crippen molar-refractivity contribution in [3.05, 3.63) is 29.3 Å². The van der Waals surface area contributed by atoms with E-state index in [1.54, 1.807) is 6.07 Å². The van der Waals surface area contributed by atoms with E-state index in [2.05, 4.69) is 5.32 Å². The van der Waals surface area contributed by atoms with E-state index in [0.717, 1.165) is 25.7 Å². The van der Waals surface area contributed by atoms with Crippen molar-refractivity contribution in [3.8, 4) is 5.75 Å². The summed E-state index contributed by atoms with van der Waals surface area (Å²) in [5, 5.41) is 3.73. The third kappa shape index (κ3) is 6.73. The summed E-state index contributed by atoms with van der Waals surface area (Å²) >= 11 is 6.04. The van der Waals surface area contributed by atoms with Crippen molar-refractivity contribution >= 4 is 23.4 Å². The molecule has 0 bridgehead atoms. The Morgan fingerprint density at radius 3 is 2.52 bits per heavy atom. The largest absolute Gasteiger partial charge is 0.492 e. The van der Waals surface area contributed by atoms with Crippen LogP contribution in [0.25, 0.3) is 0 Å². The highest BCUT2D eigenvalue weighted by atomic mass is 35.5. The van der Waals surface area contributed by atoms with Crippen LogP contribution >= 0.6 is 11.6 Å². The summed E-state index contributed by atoms with van der Waals surface area (Å²) in [5.74, 6) is 1.06. The quantitative estimate of drug-likeness (QED) is 0.643. The Morgan fingerprint density at radius 2 is 1.89 bits per heavy atom. The van der Waals surface area contributed by atoms with Crippen molar-refractivity contribution in [2.24, 2.45) is 5.92 Å². The molecule has 150 valence electrons. The fourth-order valence-electron chi connectivity index (χ4n) is 3.38. The predicted octanol–water partition coefficient (Wildman–Crippen LogP) is 4.04. The Bertz CT molecular complexity index is 611. The molecule has 2 rings (SSSR count). The van der Waals surface area contributed by atoms with Crippen molar-refractivity contribution in [2.75, 3.05) is 19.7 Å². The van der Waals surface area contributed by atoms with Gasteiger partial charge in [-0.15, -0.1) is 0 Å². The van der Waals surface area contributed by atoms with Crippen LogP contribution in [0.4, 0.5) is 0 Å². The maximum atomic E-state index is 12.4. The van der Waals surface area contributed by atoms with Crippen LogP contribution in [0.5, 0.6) is 5.75 Å². The van der Waals surface area contributed by atoms with Crippen LogP contribution in [-0.4, -0.2) is 42.5 Å². The summed E-state index contributed by atoms with van der Waals surface area (Å²) in [6, 6.07) is 7.53. The number of likely N-dealkylation sites (tertiary alicyclic amines) is 1. The number of hydrogen-bond donors (Lipinski definition) is 1. The van der Waals surface area contributed by atoms with Gasteiger partial charge in [0, 0.05) is 31.5 Å². The highest BCUT2D eigenvalue weighted by Crippen LogP contribution is 2.23. The second kappa shape index (κ2) is 11.2. The van der Waals surface area contributed by atoms with Gasteiger partial charge in [0.1, 0.15) is 5.75 Å². The van der Waals surface area contributed by atoms with Crippen LogP contribution < -0.4 is 10.1 Å². The van der Waals surface area contributed by atoms with Gasteiger partial charge < -0.3 is 15.0 Å². The number of carbonyl (C=O) groups excluding carboxylic acids is 2. The third-order valence-corrected chi connectivity index (χ3v) is 5.49. The maximum absolute atomic E-state index is 12.4. The highest BCUT2D eigenvalue weighted by molar-refractivity contribution is 6.32. The molecular weight excluding hydrogens is 364 g/mol. The molecule has 1 aliphatic heterocycles. The van der Waals surface area contributed by atoms with Gasteiger partial charge in [0.25, 0.3) is 0 Å². The number of hydrogen-bond acceptors (Lipinski definition) is 3. The number of halogens is 1. The molecule has 1 N–H and O–H groups in total. The average molecular weight is 395 g/mol. The van der Waals surface area contributed by atoms with Gasteiger partial charge in [-0.05, 0) is 44.2 Å². The van der Waals surface area contributed by atoms with Gasteiger partial charge in [0.15, 0.2) is 0 Å². The van der Waals surface area contributed by atoms with E-state index in [1.807, 2.05) is 36.9 Å². The summed E-state index contributed by atoms with van der Waals surface area (Å²) in [6.45, 7) is 5.97. The Labute approximate surface area is 167 Å². The number of carbonyl (C=O) groups is 2. The minimum atomic E-state index is 0.0998. The third-order valence-electron chi connectivity index (χ3n) is 5.18. The number of rotatable bonds is 9. The van der Waals surface area contributed by atoms with Crippen LogP contribution in [0.3, 0.4) is 0 Å². The molecule has 0 aromatic heterocycles. The lowest BCUT2D eigenvalue weighted by Crippen LogP contribution is -2.47. The van der Waals surface area contributed by atoms with Crippen molar-refractivity contribution < 1.29 is 14.3 Å². The first-order valence-corrected chi connectivity index (χ1v) is 10.4. The molecule has 6 heteroatoms. The minimum absolute atomic E-state index is 0.0998. The normalized spacial score (nSPS) is 15.0. The Morgan fingerprint density at radius 1 is 1.22 bits per heavy atom. The van der Waals surface area contributed by atoms with Gasteiger partial charge in [-0.2, -0.15) is 0 Å². The van der Waals surface area contributed by atoms with Crippen LogP contribution in [0.2, 0.25) is 5.02 Å². The fourth-order valence-corrected chi connectivity index (χ4v) is 3.57. The lowest BCUT2D eigenvalue weighted by molar-refractivity contribution is -0.132. The van der Waals surface area contributed by atoms with Gasteiger partial charge in [0.2, 0.25) is 11.8 Å². The van der Waals surface area contributed by atoms with Crippen LogP contribution in [0.1, 0.15) is 52.4 Å². The minimum Gasteiger partial charge on any atom is -0.492 e. The summed E-state index contributed by atoms with van der Waals surface area (Å²) in [4.78, 5) is 26.5. The molecule has 0 radical (unpaired) electrons. The maximum Gasteiger partial charge on any atom is 0.223 e. The van der Waals surface area contributed by atoms with E-state index in [0.29, 0.717) is 43.3 Å². The molecule has 0 aliphatic carbocycles. The van der Waals surface area contributed by atoms with E-state index in [4.69, 9.17) is 16.3 Å². The first-order chi connectivity index (χ1) is 13.0. The average Bonchev–Trinajstić information content (AvgIpc) is 2.68. The van der Waals surface area contributed by atoms with E-state index < -0.39 is 0 Å². The second-order valence-corrected chi connectivity index (χ2v) is 7.47. The molecule has 1 aliphatic rings. The number of benzene rings is 1. The molecule has 27 heavy (non-hydrogen) atoms. The standard InChI is InChI=1S/C21H31ClN2O3/c1-3-16(4-2)21(26)23-17-11-13-24(14-12-17)20(25)10-7-15-27-19-9-6-5-8-18(19)22/h5-6,8-9,16-17H,3-4,7,10-15H2,1-2H3,(H,23,26). The monoisotopic (exact) mass is 394 g/mol. The molecule has 1 saturated heterocycles. The molecule has 2 amide bonds. The van der Waals surface area contributed by atoms with Gasteiger partial charge in [-0.25, -0.2) is 0 Å². The van der Waals surface area contributed by atoms with Crippen LogP contribution in [-0.2, 0) is 9.59 Å². The van der Waals surface area contributed by atoms with Gasteiger partial charge >= 0.3 is 0 Å². The van der Waals surface area contributed by atoms with Crippen molar-refractivity contribution in [3.63, 3.8) is 0 Å². The van der Waals surface area contributed by atoms with Gasteiger partial charge in [0.05, 0.1) is 11.6 Å². The lowest BCUT2D eigenvalue weighted by atomic mass is 9.99. The van der Waals surface area contributed by atoms with Gasteiger partial charge in [-0.1, -0.05) is 37.6 Å². The zero-order valence-electron chi connectivity index (χ0n) is 16.4. The van der Waals surface area contributed by atoms with Crippen LogP contribution in [0, 0.1) is 5.92 Å². The smallest absolute Gasteiger partial charge is 0.223 e. The fraction of sp³-hybridized carbons (Fsp3) is 0.619. The number of ether oxygens (including phenoxy) is 1. The topological polar surface area (TPSA) is 58.6 Å². The molecule has 1 heterocycles. The lowest BCUT2D eigenvalue weighted by Gasteiger charge is -2.33. The molecule has 5 nitrogen and oxygen atoms in total. The van der Waals surface area contributed by atoms with E-state index in [1.165, 1.54) is 0 Å². The number of amides is 2. The summed E-state index contributed by atoms with van der Waals surface area (Å²) in [6.07, 6.45) is 4.53. The van der Waals surface area contributed by atoms with E-state index in [-0.39, 0.29) is 23.8 Å². The molecule has 0 atom stereocenters. The van der Waals surface area contributed by atoms with E-state index >= 15 is 0 Å². The van der Waals surface area contributed by atoms with E-state index in [9.17, 15) is 9.59 Å². The Kier molecular flexibility index (Phi) is 8.92. The Balaban J connectivity index is 1.64. The Hall–Kier alpha value is -1.75. The van der Waals surface area contributed by atoms with Crippen molar-refractivity contribution in [1.29, 1.82) is 0 Å². The SMILES string of the molecule is CCC(CC)C(=O)NC1CCN(C(=O)CCCOc2ccccc2Cl)CC1. The summed E-state index contributed by atoms with van der Waals surface area (Å²) in [7, 11) is 0. The number of nitrogens with one attached hydrogen (secondary N) is 1. The van der Waals surface area contributed by atoms with Crippen molar-refractivity contribution in [1.82, 2.24) is 10.2 Å². The van der Waals surface area contributed by atoms with Crippen molar-refractivity contribution in [2.45, 2.75) is 58.4 Å². The molecule has 0 saturated carbocycles. The summed E-state index contributed by atoms with van der Waals surface area (Å²) in [5.41, 5.74) is 0. The number of piperidine rings is 1. The zero-order valence-corrected chi connectivity index (χ0v) is 17.1. The second-order valence-electron chi connectivity index (χ2n) is 7.06. The zero-order chi connectivity index (χ0) is 19.6. The molecule has 0 unspecified atom stereocenters. The van der Waals surface area contributed by atoms with Crippen LogP contribution in [0.15, 0.2) is 24.3 Å². The number of nitrogens with zero attached hydrogens (tertiary/aromatic N) is 1. The molecule has 0 spiro atoms. The number of para-hydroxylation sites is 1. The first-order valence-electron chi connectivity index (χ1n) is 10.0. The molecule has 1 aromatic rings. The summed E-state index contributed by atoms with van der Waals surface area (Å²) < 4.78 is 5.63. The molecule has 1 fully saturated rings. The highest BCUT2D eigenvalue weighted by Gasteiger charge is 2.25. The van der Waals surface area contributed by atoms with Gasteiger partial charge in [-0.3, -0.25) is 9.59 Å². The first kappa shape index (κ1) is 21.5. The molecular formula is C21H31ClN2O3. The molecule has 1 aromatic carbocycles.